The van der Waals surface area contributed by atoms with Crippen LogP contribution in [0.3, 0.4) is 0 Å². The number of para-hydroxylation sites is 1. The van der Waals surface area contributed by atoms with Gasteiger partial charge < -0.3 is 15.7 Å². The number of halogens is 1. The van der Waals surface area contributed by atoms with Gasteiger partial charge >= 0.3 is 12.0 Å². The van der Waals surface area contributed by atoms with Crippen molar-refractivity contribution in [2.24, 2.45) is 0 Å². The summed E-state index contributed by atoms with van der Waals surface area (Å²) < 4.78 is 0.477. The minimum absolute atomic E-state index is 0.00755. The molecule has 0 saturated carbocycles. The molecule has 21 heavy (non-hydrogen) atoms. The van der Waals surface area contributed by atoms with Gasteiger partial charge in [-0.2, -0.15) is 5.10 Å². The van der Waals surface area contributed by atoms with Gasteiger partial charge in [-0.05, 0) is 35.0 Å². The number of carbonyl (C=O) groups excluding carboxylic acids is 1. The number of nitrogens with zero attached hydrogens (tertiary/aromatic N) is 2. The van der Waals surface area contributed by atoms with Crippen molar-refractivity contribution in [2.75, 3.05) is 5.32 Å². The first-order chi connectivity index (χ1) is 9.99. The first-order valence-corrected chi connectivity index (χ1v) is 6.73. The van der Waals surface area contributed by atoms with Gasteiger partial charge in [0.25, 0.3) is 0 Å². The number of aromatic nitrogens is 3. The van der Waals surface area contributed by atoms with Crippen molar-refractivity contribution >= 4 is 33.6 Å². The highest BCUT2D eigenvalue weighted by atomic mass is 79.9. The van der Waals surface area contributed by atoms with E-state index in [9.17, 15) is 9.59 Å². The Balaban J connectivity index is 2.11. The van der Waals surface area contributed by atoms with Crippen LogP contribution in [0, 0.1) is 0 Å². The van der Waals surface area contributed by atoms with Gasteiger partial charge in [0.1, 0.15) is 12.2 Å². The molecule has 0 fully saturated rings. The zero-order valence-corrected chi connectivity index (χ0v) is 12.5. The van der Waals surface area contributed by atoms with Crippen molar-refractivity contribution in [2.45, 2.75) is 13.0 Å². The SMILES string of the molecule is CC(NC(=O)Nc1c(Br)cccc1C(=O)O)c1ncn[nH]1. The average molecular weight is 354 g/mol. The number of carbonyl (C=O) groups is 2. The van der Waals surface area contributed by atoms with E-state index in [1.165, 1.54) is 12.4 Å². The Hall–Kier alpha value is -2.42. The summed E-state index contributed by atoms with van der Waals surface area (Å²) in [4.78, 5) is 27.0. The number of aromatic amines is 1. The van der Waals surface area contributed by atoms with Crippen LogP contribution in [0.2, 0.25) is 0 Å². The second kappa shape index (κ2) is 6.35. The monoisotopic (exact) mass is 353 g/mol. The highest BCUT2D eigenvalue weighted by molar-refractivity contribution is 9.10. The molecule has 2 amide bonds. The minimum Gasteiger partial charge on any atom is -0.478 e. The molecule has 4 N–H and O–H groups in total. The van der Waals surface area contributed by atoms with E-state index in [1.807, 2.05) is 0 Å². The highest BCUT2D eigenvalue weighted by Crippen LogP contribution is 2.26. The first kappa shape index (κ1) is 15.0. The number of carboxylic acid groups (broad SMARTS) is 1. The van der Waals surface area contributed by atoms with Gasteiger partial charge in [0.15, 0.2) is 0 Å². The Labute approximate surface area is 128 Å². The molecule has 1 aromatic carbocycles. The lowest BCUT2D eigenvalue weighted by Gasteiger charge is -2.14. The Morgan fingerprint density at radius 2 is 2.19 bits per heavy atom. The molecule has 110 valence electrons. The first-order valence-electron chi connectivity index (χ1n) is 5.93. The van der Waals surface area contributed by atoms with Crippen molar-refractivity contribution in [1.29, 1.82) is 0 Å². The van der Waals surface area contributed by atoms with Gasteiger partial charge in [-0.25, -0.2) is 14.6 Å². The third-order valence-electron chi connectivity index (χ3n) is 2.67. The summed E-state index contributed by atoms with van der Waals surface area (Å²) in [6, 6.07) is 3.68. The summed E-state index contributed by atoms with van der Waals surface area (Å²) >= 11 is 3.21. The molecule has 0 aliphatic heterocycles. The van der Waals surface area contributed by atoms with Crippen LogP contribution < -0.4 is 10.6 Å². The number of hydrogen-bond donors (Lipinski definition) is 4. The zero-order chi connectivity index (χ0) is 15.4. The molecule has 0 spiro atoms. The second-order valence-electron chi connectivity index (χ2n) is 4.16. The molecule has 1 aromatic heterocycles. The van der Waals surface area contributed by atoms with Gasteiger partial charge in [-0.15, -0.1) is 0 Å². The molecule has 0 saturated heterocycles. The number of aromatic carboxylic acids is 1. The maximum absolute atomic E-state index is 11.9. The number of anilines is 1. The lowest BCUT2D eigenvalue weighted by atomic mass is 10.2. The van der Waals surface area contributed by atoms with Crippen molar-refractivity contribution in [3.05, 3.63) is 40.4 Å². The molecular formula is C12H12BrN5O3. The van der Waals surface area contributed by atoms with E-state index >= 15 is 0 Å². The van der Waals surface area contributed by atoms with Crippen molar-refractivity contribution in [3.63, 3.8) is 0 Å². The Kier molecular flexibility index (Phi) is 4.53. The van der Waals surface area contributed by atoms with E-state index < -0.39 is 18.0 Å². The lowest BCUT2D eigenvalue weighted by molar-refractivity contribution is 0.0698. The summed E-state index contributed by atoms with van der Waals surface area (Å²) in [7, 11) is 0. The van der Waals surface area contributed by atoms with E-state index in [1.54, 1.807) is 19.1 Å². The fourth-order valence-electron chi connectivity index (χ4n) is 1.67. The number of H-pyrrole nitrogens is 1. The molecule has 9 heteroatoms. The van der Waals surface area contributed by atoms with Crippen LogP contribution in [-0.2, 0) is 0 Å². The number of carboxylic acids is 1. The van der Waals surface area contributed by atoms with Crippen molar-refractivity contribution in [1.82, 2.24) is 20.5 Å². The fraction of sp³-hybridized carbons (Fsp3) is 0.167. The minimum atomic E-state index is -1.13. The largest absolute Gasteiger partial charge is 0.478 e. The summed E-state index contributed by atoms with van der Waals surface area (Å²) in [5.74, 6) is -0.634. The normalized spacial score (nSPS) is 11.7. The summed E-state index contributed by atoms with van der Waals surface area (Å²) in [5, 5.41) is 20.6. The Morgan fingerprint density at radius 1 is 1.43 bits per heavy atom. The van der Waals surface area contributed by atoms with E-state index in [0.29, 0.717) is 10.3 Å². The summed E-state index contributed by atoms with van der Waals surface area (Å²) in [6.07, 6.45) is 1.34. The zero-order valence-electron chi connectivity index (χ0n) is 10.9. The highest BCUT2D eigenvalue weighted by Gasteiger charge is 2.17. The van der Waals surface area contributed by atoms with Crippen molar-refractivity contribution < 1.29 is 14.7 Å². The van der Waals surface area contributed by atoms with E-state index in [0.717, 1.165) is 0 Å². The van der Waals surface area contributed by atoms with Gasteiger partial charge in [0, 0.05) is 4.47 Å². The molecular weight excluding hydrogens is 342 g/mol. The lowest BCUT2D eigenvalue weighted by Crippen LogP contribution is -2.32. The molecule has 0 aliphatic rings. The number of nitrogens with one attached hydrogen (secondary N) is 3. The average Bonchev–Trinajstić information content (AvgIpc) is 2.94. The van der Waals surface area contributed by atoms with Crippen LogP contribution in [0.15, 0.2) is 29.0 Å². The Bertz CT molecular complexity index is 659. The molecule has 1 unspecified atom stereocenters. The molecule has 0 aliphatic carbocycles. The number of urea groups is 1. The number of hydrogen-bond acceptors (Lipinski definition) is 4. The maximum atomic E-state index is 11.9. The van der Waals surface area contributed by atoms with Crippen molar-refractivity contribution in [3.8, 4) is 0 Å². The molecule has 2 rings (SSSR count). The summed E-state index contributed by atoms with van der Waals surface area (Å²) in [6.45, 7) is 1.72. The third kappa shape index (κ3) is 3.57. The van der Waals surface area contributed by atoms with Crippen LogP contribution >= 0.6 is 15.9 Å². The summed E-state index contributed by atoms with van der Waals surface area (Å²) in [5.41, 5.74) is 0.180. The van der Waals surface area contributed by atoms with Gasteiger partial charge in [0.05, 0.1) is 17.3 Å². The number of rotatable bonds is 4. The smallest absolute Gasteiger partial charge is 0.337 e. The topological polar surface area (TPSA) is 120 Å². The third-order valence-corrected chi connectivity index (χ3v) is 3.33. The van der Waals surface area contributed by atoms with Crippen LogP contribution in [0.4, 0.5) is 10.5 Å². The molecule has 0 bridgehead atoms. The van der Waals surface area contributed by atoms with Crippen LogP contribution in [0.5, 0.6) is 0 Å². The maximum Gasteiger partial charge on any atom is 0.337 e. The molecule has 2 aromatic rings. The van der Waals surface area contributed by atoms with Crippen LogP contribution in [-0.4, -0.2) is 32.3 Å². The van der Waals surface area contributed by atoms with E-state index in [4.69, 9.17) is 5.11 Å². The fourth-order valence-corrected chi connectivity index (χ4v) is 2.13. The predicted molar refractivity (Wildman–Crippen MR) is 78.1 cm³/mol. The number of amides is 2. The standard InChI is InChI=1S/C12H12BrN5O3/c1-6(10-14-5-15-18-10)16-12(21)17-9-7(11(19)20)3-2-4-8(9)13/h2-6H,1H3,(H,19,20)(H,14,15,18)(H2,16,17,21). The molecule has 1 heterocycles. The molecule has 8 nitrogen and oxygen atoms in total. The van der Waals surface area contributed by atoms with Crippen LogP contribution in [0.25, 0.3) is 0 Å². The van der Waals surface area contributed by atoms with E-state index in [2.05, 4.69) is 41.7 Å². The molecule has 0 radical (unpaired) electrons. The van der Waals surface area contributed by atoms with Gasteiger partial charge in [-0.1, -0.05) is 6.07 Å². The molecule has 1 atom stereocenters. The Morgan fingerprint density at radius 3 is 2.81 bits per heavy atom. The van der Waals surface area contributed by atoms with E-state index in [-0.39, 0.29) is 11.3 Å². The predicted octanol–water partition coefficient (Wildman–Crippen LogP) is 2.15. The second-order valence-corrected chi connectivity index (χ2v) is 5.01. The van der Waals surface area contributed by atoms with Gasteiger partial charge in [0.2, 0.25) is 0 Å². The quantitative estimate of drug-likeness (QED) is 0.671. The number of benzene rings is 1. The van der Waals surface area contributed by atoms with Gasteiger partial charge in [-0.3, -0.25) is 5.10 Å². The van der Waals surface area contributed by atoms with Crippen LogP contribution in [0.1, 0.15) is 29.1 Å².